The van der Waals surface area contributed by atoms with Crippen LogP contribution in [0.1, 0.15) is 39.5 Å². The Hall–Kier alpha value is 0.240. The van der Waals surface area contributed by atoms with Crippen molar-refractivity contribution in [1.82, 2.24) is 0 Å². The summed E-state index contributed by atoms with van der Waals surface area (Å²) in [6, 6.07) is 0. The third-order valence-electron chi connectivity index (χ3n) is 1.65. The first-order valence-electron chi connectivity index (χ1n) is 4.48. The molecule has 0 aliphatic heterocycles. The van der Waals surface area contributed by atoms with Crippen molar-refractivity contribution in [3.63, 3.8) is 0 Å². The van der Waals surface area contributed by atoms with Crippen LogP contribution in [-0.4, -0.2) is 11.0 Å². The first-order chi connectivity index (χ1) is 5.63. The van der Waals surface area contributed by atoms with E-state index in [0.717, 1.165) is 18.9 Å². The Morgan fingerprint density at radius 1 is 1.33 bits per heavy atom. The molecule has 0 aromatic heterocycles. The number of hydrogen-bond donors (Lipinski definition) is 1. The fraction of sp³-hybridized carbons (Fsp3) is 0.889. The van der Waals surface area contributed by atoms with Crippen LogP contribution in [0.3, 0.4) is 0 Å². The molecular formula is C9H18OS2. The summed E-state index contributed by atoms with van der Waals surface area (Å²) < 4.78 is 5.40. The smallest absolute Gasteiger partial charge is 0.216 e. The lowest BCUT2D eigenvalue weighted by Gasteiger charge is -2.04. The zero-order chi connectivity index (χ0) is 9.40. The van der Waals surface area contributed by atoms with Gasteiger partial charge in [0.2, 0.25) is 4.38 Å². The molecule has 0 amide bonds. The van der Waals surface area contributed by atoms with Crippen LogP contribution in [0.4, 0.5) is 0 Å². The number of rotatable bonds is 6. The summed E-state index contributed by atoms with van der Waals surface area (Å²) >= 11 is 8.52. The highest BCUT2D eigenvalue weighted by molar-refractivity contribution is 8.10. The van der Waals surface area contributed by atoms with Crippen LogP contribution in [0.25, 0.3) is 0 Å². The molecule has 0 saturated heterocycles. The molecule has 0 aromatic rings. The number of unbranched alkanes of at least 4 members (excludes halogenated alkanes) is 2. The number of hydrogen-bond acceptors (Lipinski definition) is 2. The van der Waals surface area contributed by atoms with Crippen molar-refractivity contribution < 1.29 is 4.74 Å². The molecule has 0 spiro atoms. The number of thiol groups is 1. The van der Waals surface area contributed by atoms with E-state index in [1.165, 1.54) is 19.3 Å². The van der Waals surface area contributed by atoms with Crippen LogP contribution in [0, 0.1) is 5.92 Å². The maximum Gasteiger partial charge on any atom is 0.216 e. The van der Waals surface area contributed by atoms with E-state index < -0.39 is 0 Å². The van der Waals surface area contributed by atoms with Crippen molar-refractivity contribution in [2.45, 2.75) is 39.5 Å². The molecule has 3 heteroatoms. The SMILES string of the molecule is CC(C)CCCCCOC(=S)S. The lowest BCUT2D eigenvalue weighted by atomic mass is 10.1. The van der Waals surface area contributed by atoms with E-state index in [2.05, 4.69) is 38.7 Å². The Balaban J connectivity index is 2.96. The third-order valence-corrected chi connectivity index (χ3v) is 1.90. The van der Waals surface area contributed by atoms with Crippen LogP contribution in [0.2, 0.25) is 0 Å². The normalized spacial score (nSPS) is 10.3. The van der Waals surface area contributed by atoms with Gasteiger partial charge in [0, 0.05) is 0 Å². The van der Waals surface area contributed by atoms with Crippen molar-refractivity contribution in [2.75, 3.05) is 6.61 Å². The first-order valence-corrected chi connectivity index (χ1v) is 5.34. The molecule has 0 rings (SSSR count). The van der Waals surface area contributed by atoms with E-state index in [1.54, 1.807) is 0 Å². The van der Waals surface area contributed by atoms with Gasteiger partial charge in [-0.25, -0.2) is 0 Å². The fourth-order valence-electron chi connectivity index (χ4n) is 0.991. The summed E-state index contributed by atoms with van der Waals surface area (Å²) in [7, 11) is 0. The predicted molar refractivity (Wildman–Crippen MR) is 60.8 cm³/mol. The largest absolute Gasteiger partial charge is 0.479 e. The van der Waals surface area contributed by atoms with Crippen molar-refractivity contribution in [1.29, 1.82) is 0 Å². The maximum absolute atomic E-state index is 5.04. The predicted octanol–water partition coefficient (Wildman–Crippen LogP) is 3.43. The Morgan fingerprint density at radius 2 is 2.00 bits per heavy atom. The molecule has 0 atom stereocenters. The molecule has 0 saturated carbocycles. The lowest BCUT2D eigenvalue weighted by molar-refractivity contribution is 0.307. The van der Waals surface area contributed by atoms with E-state index in [1.807, 2.05) is 0 Å². The molecule has 0 fully saturated rings. The number of ether oxygens (including phenoxy) is 1. The minimum Gasteiger partial charge on any atom is -0.479 e. The van der Waals surface area contributed by atoms with Crippen LogP contribution in [0.5, 0.6) is 0 Å². The summed E-state index contributed by atoms with van der Waals surface area (Å²) in [5.74, 6) is 0.817. The summed E-state index contributed by atoms with van der Waals surface area (Å²) in [4.78, 5) is 0. The third kappa shape index (κ3) is 10.2. The van der Waals surface area contributed by atoms with E-state index in [9.17, 15) is 0 Å². The standard InChI is InChI=1S/C9H18OS2/c1-8(2)6-4-3-5-7-10-9(11)12/h8H,3-7H2,1-2H3,(H,11,12). The Labute approximate surface area is 86.3 Å². The quantitative estimate of drug-likeness (QED) is 0.405. The molecule has 0 unspecified atom stereocenters. The van der Waals surface area contributed by atoms with Gasteiger partial charge >= 0.3 is 0 Å². The summed E-state index contributed by atoms with van der Waals surface area (Å²) in [6.45, 7) is 5.22. The van der Waals surface area contributed by atoms with E-state index in [-0.39, 0.29) is 0 Å². The minimum absolute atomic E-state index is 0.360. The van der Waals surface area contributed by atoms with Gasteiger partial charge in [0.15, 0.2) is 0 Å². The zero-order valence-corrected chi connectivity index (χ0v) is 9.59. The van der Waals surface area contributed by atoms with Gasteiger partial charge in [-0.2, -0.15) is 0 Å². The average molecular weight is 206 g/mol. The topological polar surface area (TPSA) is 9.23 Å². The second-order valence-electron chi connectivity index (χ2n) is 3.36. The van der Waals surface area contributed by atoms with Gasteiger partial charge in [0.05, 0.1) is 6.61 Å². The zero-order valence-electron chi connectivity index (χ0n) is 7.88. The highest BCUT2D eigenvalue weighted by Gasteiger charge is 1.94. The summed E-state index contributed by atoms with van der Waals surface area (Å²) in [6.07, 6.45) is 4.92. The van der Waals surface area contributed by atoms with Crippen LogP contribution < -0.4 is 0 Å². The second kappa shape index (κ2) is 7.87. The van der Waals surface area contributed by atoms with Gasteiger partial charge in [-0.1, -0.05) is 45.7 Å². The molecule has 0 radical (unpaired) electrons. The minimum atomic E-state index is 0.360. The monoisotopic (exact) mass is 206 g/mol. The van der Waals surface area contributed by atoms with Crippen LogP contribution >= 0.6 is 24.8 Å². The molecule has 0 bridgehead atoms. The first kappa shape index (κ1) is 12.2. The molecular weight excluding hydrogens is 188 g/mol. The van der Waals surface area contributed by atoms with Gasteiger partial charge in [-0.15, -0.1) is 0 Å². The molecule has 72 valence electrons. The highest BCUT2D eigenvalue weighted by Crippen LogP contribution is 2.08. The van der Waals surface area contributed by atoms with Gasteiger partial charge in [-0.05, 0) is 24.6 Å². The molecule has 0 N–H and O–H groups in total. The van der Waals surface area contributed by atoms with E-state index in [0.29, 0.717) is 4.38 Å². The maximum atomic E-state index is 5.04. The highest BCUT2D eigenvalue weighted by atomic mass is 32.1. The average Bonchev–Trinajstić information content (AvgIpc) is 1.95. The number of thiocarbonyl (C=S) groups is 1. The molecule has 0 aliphatic rings. The van der Waals surface area contributed by atoms with Crippen molar-refractivity contribution in [2.24, 2.45) is 5.92 Å². The Kier molecular flexibility index (Phi) is 8.02. The Morgan fingerprint density at radius 3 is 2.50 bits per heavy atom. The van der Waals surface area contributed by atoms with Gasteiger partial charge in [-0.3, -0.25) is 0 Å². The molecule has 0 heterocycles. The van der Waals surface area contributed by atoms with Crippen molar-refractivity contribution in [3.8, 4) is 0 Å². The molecule has 1 nitrogen and oxygen atoms in total. The Bertz CT molecular complexity index is 124. The second-order valence-corrected chi connectivity index (χ2v) is 4.44. The van der Waals surface area contributed by atoms with Crippen LogP contribution in [0.15, 0.2) is 0 Å². The molecule has 0 aromatic carbocycles. The van der Waals surface area contributed by atoms with Gasteiger partial charge in [0.1, 0.15) is 0 Å². The van der Waals surface area contributed by atoms with Crippen LogP contribution in [-0.2, 0) is 4.74 Å². The lowest BCUT2D eigenvalue weighted by Crippen LogP contribution is -1.96. The van der Waals surface area contributed by atoms with Gasteiger partial charge in [0.25, 0.3) is 0 Å². The van der Waals surface area contributed by atoms with E-state index >= 15 is 0 Å². The summed E-state index contributed by atoms with van der Waals surface area (Å²) in [5, 5.41) is 0. The summed E-state index contributed by atoms with van der Waals surface area (Å²) in [5.41, 5.74) is 0. The van der Waals surface area contributed by atoms with Crippen molar-refractivity contribution >= 4 is 29.2 Å². The van der Waals surface area contributed by atoms with Crippen molar-refractivity contribution in [3.05, 3.63) is 0 Å². The molecule has 0 aliphatic carbocycles. The van der Waals surface area contributed by atoms with E-state index in [4.69, 9.17) is 4.74 Å². The fourth-order valence-corrected chi connectivity index (χ4v) is 1.17. The van der Waals surface area contributed by atoms with Gasteiger partial charge < -0.3 is 4.74 Å². The molecule has 12 heavy (non-hydrogen) atoms.